The molecule has 0 saturated heterocycles. The molecule has 0 radical (unpaired) electrons. The summed E-state index contributed by atoms with van der Waals surface area (Å²) in [6, 6.07) is 4.16. The number of unbranched alkanes of at least 4 members (excludes halogenated alkanes) is 1. The first-order chi connectivity index (χ1) is 7.36. The minimum atomic E-state index is -0.0571. The van der Waals surface area contributed by atoms with E-state index < -0.39 is 0 Å². The molecule has 0 aliphatic heterocycles. The lowest BCUT2D eigenvalue weighted by atomic mass is 10.4. The van der Waals surface area contributed by atoms with Gasteiger partial charge in [-0.2, -0.15) is 11.8 Å². The topological polar surface area (TPSA) is 20.2 Å². The summed E-state index contributed by atoms with van der Waals surface area (Å²) in [7, 11) is 0. The van der Waals surface area contributed by atoms with E-state index >= 15 is 0 Å². The summed E-state index contributed by atoms with van der Waals surface area (Å²) in [6.07, 6.45) is 2.57. The van der Waals surface area contributed by atoms with Gasteiger partial charge in [-0.25, -0.2) is 0 Å². The van der Waals surface area contributed by atoms with Crippen molar-refractivity contribution in [1.29, 1.82) is 0 Å². The fraction of sp³-hybridized carbons (Fsp3) is 0.500. The van der Waals surface area contributed by atoms with Crippen molar-refractivity contribution < 1.29 is 5.11 Å². The zero-order valence-corrected chi connectivity index (χ0v) is 10.6. The molecule has 1 N–H and O–H groups in total. The molecule has 15 heavy (non-hydrogen) atoms. The molecule has 0 atom stereocenters. The fourth-order valence-corrected chi connectivity index (χ4v) is 3.17. The van der Waals surface area contributed by atoms with E-state index in [0.29, 0.717) is 0 Å². The van der Waals surface area contributed by atoms with Crippen molar-refractivity contribution in [3.8, 4) is 11.8 Å². The van der Waals surface area contributed by atoms with Crippen LogP contribution in [-0.4, -0.2) is 17.5 Å². The van der Waals surface area contributed by atoms with Crippen LogP contribution in [0, 0.1) is 11.8 Å². The highest BCUT2D eigenvalue weighted by atomic mass is 32.2. The number of rotatable bonds is 5. The third-order valence-electron chi connectivity index (χ3n) is 1.84. The molecule has 3 heteroatoms. The molecule has 1 heterocycles. The van der Waals surface area contributed by atoms with Crippen LogP contribution in [0.25, 0.3) is 0 Å². The van der Waals surface area contributed by atoms with Gasteiger partial charge in [-0.3, -0.25) is 0 Å². The Labute approximate surface area is 99.9 Å². The highest BCUT2D eigenvalue weighted by molar-refractivity contribution is 7.98. The van der Waals surface area contributed by atoms with Crippen LogP contribution in [-0.2, 0) is 5.75 Å². The van der Waals surface area contributed by atoms with E-state index in [4.69, 9.17) is 5.11 Å². The van der Waals surface area contributed by atoms with E-state index in [-0.39, 0.29) is 6.61 Å². The molecule has 0 aliphatic rings. The van der Waals surface area contributed by atoms with Crippen LogP contribution < -0.4 is 0 Å². The lowest BCUT2D eigenvalue weighted by Crippen LogP contribution is -1.78. The molecule has 1 rings (SSSR count). The van der Waals surface area contributed by atoms with Crippen molar-refractivity contribution in [1.82, 2.24) is 0 Å². The summed E-state index contributed by atoms with van der Waals surface area (Å²) in [5.41, 5.74) is 0. The van der Waals surface area contributed by atoms with Crippen molar-refractivity contribution in [3.63, 3.8) is 0 Å². The molecule has 0 amide bonds. The predicted octanol–water partition coefficient (Wildman–Crippen LogP) is 3.13. The SMILES string of the molecule is CCCCSCc1ccc(C#CCO)s1. The molecule has 0 fully saturated rings. The quantitative estimate of drug-likeness (QED) is 0.630. The fourth-order valence-electron chi connectivity index (χ4n) is 1.07. The summed E-state index contributed by atoms with van der Waals surface area (Å²) in [4.78, 5) is 2.42. The summed E-state index contributed by atoms with van der Waals surface area (Å²) in [5.74, 6) is 7.92. The van der Waals surface area contributed by atoms with Gasteiger partial charge < -0.3 is 5.11 Å². The Kier molecular flexibility index (Phi) is 6.58. The van der Waals surface area contributed by atoms with Crippen molar-refractivity contribution in [2.45, 2.75) is 25.5 Å². The van der Waals surface area contributed by atoms with Crippen molar-refractivity contribution in [3.05, 3.63) is 21.9 Å². The van der Waals surface area contributed by atoms with Gasteiger partial charge in [-0.05, 0) is 24.3 Å². The van der Waals surface area contributed by atoms with Gasteiger partial charge in [0.05, 0.1) is 4.88 Å². The second-order valence-electron chi connectivity index (χ2n) is 3.13. The minimum absolute atomic E-state index is 0.0571. The summed E-state index contributed by atoms with van der Waals surface area (Å²) >= 11 is 3.71. The first-order valence-corrected chi connectivity index (χ1v) is 7.10. The highest BCUT2D eigenvalue weighted by Gasteiger charge is 1.97. The Bertz CT molecular complexity index is 333. The third-order valence-corrected chi connectivity index (χ3v) is 4.11. The van der Waals surface area contributed by atoms with Crippen LogP contribution in [0.3, 0.4) is 0 Å². The zero-order valence-electron chi connectivity index (χ0n) is 8.95. The Morgan fingerprint density at radius 3 is 3.07 bits per heavy atom. The summed E-state index contributed by atoms with van der Waals surface area (Å²) < 4.78 is 0. The van der Waals surface area contributed by atoms with Gasteiger partial charge >= 0.3 is 0 Å². The Balaban J connectivity index is 2.33. The van der Waals surface area contributed by atoms with Crippen LogP contribution in [0.15, 0.2) is 12.1 Å². The van der Waals surface area contributed by atoms with Crippen LogP contribution in [0.1, 0.15) is 29.5 Å². The second kappa shape index (κ2) is 7.81. The first-order valence-electron chi connectivity index (χ1n) is 5.13. The van der Waals surface area contributed by atoms with Gasteiger partial charge in [0.1, 0.15) is 6.61 Å². The largest absolute Gasteiger partial charge is 0.384 e. The van der Waals surface area contributed by atoms with Gasteiger partial charge in [0, 0.05) is 10.6 Å². The van der Waals surface area contributed by atoms with Crippen LogP contribution in [0.2, 0.25) is 0 Å². The molecule has 0 spiro atoms. The maximum atomic E-state index is 8.56. The average molecular weight is 240 g/mol. The predicted molar refractivity (Wildman–Crippen MR) is 69.4 cm³/mol. The van der Waals surface area contributed by atoms with E-state index in [2.05, 4.69) is 24.8 Å². The molecule has 0 aliphatic carbocycles. The first kappa shape index (κ1) is 12.6. The lowest BCUT2D eigenvalue weighted by Gasteiger charge is -1.96. The monoisotopic (exact) mass is 240 g/mol. The van der Waals surface area contributed by atoms with Crippen molar-refractivity contribution in [2.75, 3.05) is 12.4 Å². The van der Waals surface area contributed by atoms with Gasteiger partial charge in [0.15, 0.2) is 0 Å². The number of aliphatic hydroxyl groups is 1. The van der Waals surface area contributed by atoms with E-state index in [9.17, 15) is 0 Å². The lowest BCUT2D eigenvalue weighted by molar-refractivity contribution is 0.350. The van der Waals surface area contributed by atoms with Crippen LogP contribution >= 0.6 is 23.1 Å². The molecule has 0 aromatic carbocycles. The van der Waals surface area contributed by atoms with Gasteiger partial charge in [-0.15, -0.1) is 11.3 Å². The standard InChI is InChI=1S/C12H16OS2/c1-2-3-9-14-10-12-7-6-11(15-12)5-4-8-13/h6-7,13H,2-3,8-10H2,1H3. The molecular formula is C12H16OS2. The Morgan fingerprint density at radius 2 is 2.33 bits per heavy atom. The van der Waals surface area contributed by atoms with E-state index in [1.807, 2.05) is 17.8 Å². The maximum Gasteiger partial charge on any atom is 0.104 e. The second-order valence-corrected chi connectivity index (χ2v) is 5.41. The Morgan fingerprint density at radius 1 is 1.47 bits per heavy atom. The smallest absolute Gasteiger partial charge is 0.104 e. The van der Waals surface area contributed by atoms with E-state index in [0.717, 1.165) is 10.6 Å². The molecule has 1 aromatic heterocycles. The van der Waals surface area contributed by atoms with E-state index in [1.165, 1.54) is 23.5 Å². The number of thioether (sulfide) groups is 1. The van der Waals surface area contributed by atoms with Crippen molar-refractivity contribution >= 4 is 23.1 Å². The van der Waals surface area contributed by atoms with E-state index in [1.54, 1.807) is 11.3 Å². The van der Waals surface area contributed by atoms with Gasteiger partial charge in [0.25, 0.3) is 0 Å². The number of aliphatic hydroxyl groups excluding tert-OH is 1. The molecule has 0 unspecified atom stereocenters. The zero-order chi connectivity index (χ0) is 10.9. The molecule has 1 aromatic rings. The molecule has 82 valence electrons. The minimum Gasteiger partial charge on any atom is -0.384 e. The average Bonchev–Trinajstić information content (AvgIpc) is 2.69. The van der Waals surface area contributed by atoms with Crippen LogP contribution in [0.5, 0.6) is 0 Å². The number of hydrogen-bond acceptors (Lipinski definition) is 3. The number of hydrogen-bond donors (Lipinski definition) is 1. The molecule has 1 nitrogen and oxygen atoms in total. The molecule has 0 saturated carbocycles. The third kappa shape index (κ3) is 5.27. The summed E-state index contributed by atoms with van der Waals surface area (Å²) in [6.45, 7) is 2.16. The van der Waals surface area contributed by atoms with Crippen LogP contribution in [0.4, 0.5) is 0 Å². The Hall–Kier alpha value is -0.430. The van der Waals surface area contributed by atoms with Gasteiger partial charge in [0.2, 0.25) is 0 Å². The highest BCUT2D eigenvalue weighted by Crippen LogP contribution is 2.21. The number of thiophene rings is 1. The van der Waals surface area contributed by atoms with Gasteiger partial charge in [-0.1, -0.05) is 25.2 Å². The normalized spacial score (nSPS) is 9.73. The molecular weight excluding hydrogens is 224 g/mol. The maximum absolute atomic E-state index is 8.56. The molecule has 0 bridgehead atoms. The summed E-state index contributed by atoms with van der Waals surface area (Å²) in [5, 5.41) is 8.56. The van der Waals surface area contributed by atoms with Crippen molar-refractivity contribution in [2.24, 2.45) is 0 Å².